The fourth-order valence-electron chi connectivity index (χ4n) is 1.45. The van der Waals surface area contributed by atoms with Crippen molar-refractivity contribution in [3.63, 3.8) is 0 Å². The molecule has 0 saturated carbocycles. The van der Waals surface area contributed by atoms with Crippen molar-refractivity contribution in [3.05, 3.63) is 23.7 Å². The first kappa shape index (κ1) is 15.7. The molecule has 0 aliphatic carbocycles. The second-order valence-electron chi connectivity index (χ2n) is 3.93. The van der Waals surface area contributed by atoms with Gasteiger partial charge in [-0.05, 0) is 19.0 Å². The fourth-order valence-corrected chi connectivity index (χ4v) is 1.45. The lowest BCUT2D eigenvalue weighted by Gasteiger charge is -2.04. The number of nitrogens with one attached hydrogen (secondary N) is 1. The molecule has 0 aliphatic heterocycles. The third-order valence-electron chi connectivity index (χ3n) is 2.45. The zero-order valence-corrected chi connectivity index (χ0v) is 11.4. The number of hydrogen-bond acceptors (Lipinski definition) is 6. The molecule has 1 aromatic heterocycles. The third-order valence-corrected chi connectivity index (χ3v) is 2.45. The molecule has 1 heterocycles. The van der Waals surface area contributed by atoms with Crippen LogP contribution in [0.25, 0.3) is 0 Å². The van der Waals surface area contributed by atoms with Gasteiger partial charge >= 0.3 is 5.97 Å². The average Bonchev–Trinajstić information content (AvgIpc) is 2.89. The quantitative estimate of drug-likeness (QED) is 0.509. The summed E-state index contributed by atoms with van der Waals surface area (Å²) in [6.45, 7) is 3.34. The summed E-state index contributed by atoms with van der Waals surface area (Å²) >= 11 is 0. The van der Waals surface area contributed by atoms with Gasteiger partial charge in [0.1, 0.15) is 12.0 Å². The number of hydrogen-bond donors (Lipinski definition) is 1. The van der Waals surface area contributed by atoms with Crippen molar-refractivity contribution in [2.75, 3.05) is 40.6 Å². The van der Waals surface area contributed by atoms with Crippen molar-refractivity contribution in [3.8, 4) is 0 Å². The molecule has 0 fully saturated rings. The van der Waals surface area contributed by atoms with Crippen molar-refractivity contribution < 1.29 is 23.4 Å². The minimum Gasteiger partial charge on any atom is -0.467 e. The molecule has 0 radical (unpaired) electrons. The topological polar surface area (TPSA) is 69.9 Å². The number of carbonyl (C=O) groups excluding carboxylic acids is 1. The summed E-state index contributed by atoms with van der Waals surface area (Å²) in [5, 5.41) is 3.21. The van der Waals surface area contributed by atoms with Gasteiger partial charge in [0, 0.05) is 13.7 Å². The lowest BCUT2D eigenvalue weighted by Crippen LogP contribution is -2.16. The summed E-state index contributed by atoms with van der Waals surface area (Å²) in [4.78, 5) is 11.2. The van der Waals surface area contributed by atoms with E-state index in [4.69, 9.17) is 13.9 Å². The zero-order chi connectivity index (χ0) is 13.9. The van der Waals surface area contributed by atoms with Crippen LogP contribution >= 0.6 is 0 Å². The highest BCUT2D eigenvalue weighted by molar-refractivity contribution is 5.88. The summed E-state index contributed by atoms with van der Waals surface area (Å²) in [5.74, 6) is 0.322. The molecule has 0 atom stereocenters. The molecule has 1 N–H and O–H groups in total. The predicted molar refractivity (Wildman–Crippen MR) is 69.1 cm³/mol. The van der Waals surface area contributed by atoms with Gasteiger partial charge < -0.3 is 23.9 Å². The van der Waals surface area contributed by atoms with Crippen molar-refractivity contribution in [2.24, 2.45) is 0 Å². The summed E-state index contributed by atoms with van der Waals surface area (Å²) in [6.07, 6.45) is 2.31. The van der Waals surface area contributed by atoms with Gasteiger partial charge in [0.15, 0.2) is 0 Å². The Bertz CT molecular complexity index is 364. The van der Waals surface area contributed by atoms with Crippen LogP contribution in [0.4, 0.5) is 0 Å². The van der Waals surface area contributed by atoms with Crippen LogP contribution in [-0.2, 0) is 20.8 Å². The fraction of sp³-hybridized carbons (Fsp3) is 0.615. The first-order valence-corrected chi connectivity index (χ1v) is 6.21. The smallest absolute Gasteiger partial charge is 0.341 e. The van der Waals surface area contributed by atoms with E-state index in [-0.39, 0.29) is 5.97 Å². The predicted octanol–water partition coefficient (Wildman–Crippen LogP) is 1.21. The Morgan fingerprint density at radius 1 is 1.32 bits per heavy atom. The zero-order valence-electron chi connectivity index (χ0n) is 11.4. The van der Waals surface area contributed by atoms with Crippen molar-refractivity contribution in [2.45, 2.75) is 13.0 Å². The van der Waals surface area contributed by atoms with E-state index in [2.05, 4.69) is 10.1 Å². The second-order valence-corrected chi connectivity index (χ2v) is 3.93. The van der Waals surface area contributed by atoms with Crippen LogP contribution in [0.1, 0.15) is 22.5 Å². The Kier molecular flexibility index (Phi) is 7.88. The van der Waals surface area contributed by atoms with Crippen LogP contribution in [0.15, 0.2) is 16.7 Å². The SMILES string of the molecule is COCCOCCCNCc1cc(C(=O)OC)co1. The van der Waals surface area contributed by atoms with Crippen LogP contribution in [0.5, 0.6) is 0 Å². The molecule has 108 valence electrons. The second kappa shape index (κ2) is 9.55. The maximum absolute atomic E-state index is 11.2. The molecule has 6 nitrogen and oxygen atoms in total. The number of furan rings is 1. The first-order chi connectivity index (χ1) is 9.27. The van der Waals surface area contributed by atoms with E-state index in [0.717, 1.165) is 13.0 Å². The highest BCUT2D eigenvalue weighted by Gasteiger charge is 2.09. The molecular formula is C13H21NO5. The standard InChI is InChI=1S/C13H21NO5/c1-16-6-7-18-5-3-4-14-9-12-8-11(10-19-12)13(15)17-2/h8,10,14H,3-7,9H2,1-2H3. The van der Waals surface area contributed by atoms with E-state index < -0.39 is 0 Å². The molecule has 19 heavy (non-hydrogen) atoms. The average molecular weight is 271 g/mol. The van der Waals surface area contributed by atoms with Crippen LogP contribution in [0.2, 0.25) is 0 Å². The van der Waals surface area contributed by atoms with Gasteiger partial charge in [0.25, 0.3) is 0 Å². The van der Waals surface area contributed by atoms with Gasteiger partial charge in [-0.3, -0.25) is 0 Å². The molecule has 1 aromatic rings. The lowest BCUT2D eigenvalue weighted by molar-refractivity contribution is 0.0600. The maximum atomic E-state index is 11.2. The van der Waals surface area contributed by atoms with Crippen LogP contribution in [-0.4, -0.2) is 46.6 Å². The van der Waals surface area contributed by atoms with Gasteiger partial charge in [-0.15, -0.1) is 0 Å². The van der Waals surface area contributed by atoms with Gasteiger partial charge in [-0.1, -0.05) is 0 Å². The van der Waals surface area contributed by atoms with Gasteiger partial charge in [0.2, 0.25) is 0 Å². The van der Waals surface area contributed by atoms with E-state index >= 15 is 0 Å². The van der Waals surface area contributed by atoms with Gasteiger partial charge in [-0.25, -0.2) is 4.79 Å². The normalized spacial score (nSPS) is 10.6. The monoisotopic (exact) mass is 271 g/mol. The molecule has 0 saturated heterocycles. The number of methoxy groups -OCH3 is 2. The summed E-state index contributed by atoms with van der Waals surface area (Å²) in [7, 11) is 2.99. The van der Waals surface area contributed by atoms with Crippen LogP contribution in [0.3, 0.4) is 0 Å². The molecular weight excluding hydrogens is 250 g/mol. The van der Waals surface area contributed by atoms with E-state index in [1.807, 2.05) is 0 Å². The molecule has 0 amide bonds. The first-order valence-electron chi connectivity index (χ1n) is 6.21. The largest absolute Gasteiger partial charge is 0.467 e. The highest BCUT2D eigenvalue weighted by Crippen LogP contribution is 2.08. The molecule has 6 heteroatoms. The lowest BCUT2D eigenvalue weighted by atomic mass is 10.3. The van der Waals surface area contributed by atoms with E-state index in [1.54, 1.807) is 13.2 Å². The van der Waals surface area contributed by atoms with Crippen LogP contribution < -0.4 is 5.32 Å². The van der Waals surface area contributed by atoms with E-state index in [0.29, 0.717) is 37.7 Å². The van der Waals surface area contributed by atoms with E-state index in [9.17, 15) is 4.79 Å². The number of ether oxygens (including phenoxy) is 3. The minimum absolute atomic E-state index is 0.387. The number of esters is 1. The Balaban J connectivity index is 2.06. The molecule has 1 rings (SSSR count). The van der Waals surface area contributed by atoms with Crippen molar-refractivity contribution in [1.82, 2.24) is 5.32 Å². The molecule has 0 spiro atoms. The maximum Gasteiger partial charge on any atom is 0.341 e. The Labute approximate surface area is 113 Å². The summed E-state index contributed by atoms with van der Waals surface area (Å²) in [6, 6.07) is 1.67. The number of rotatable bonds is 10. The minimum atomic E-state index is -0.387. The van der Waals surface area contributed by atoms with Gasteiger partial charge in [-0.2, -0.15) is 0 Å². The Morgan fingerprint density at radius 2 is 2.16 bits per heavy atom. The van der Waals surface area contributed by atoms with Crippen molar-refractivity contribution in [1.29, 1.82) is 0 Å². The molecule has 0 unspecified atom stereocenters. The Hall–Kier alpha value is -1.37. The summed E-state index contributed by atoms with van der Waals surface area (Å²) < 4.78 is 20.0. The molecule has 0 bridgehead atoms. The number of carbonyl (C=O) groups is 1. The van der Waals surface area contributed by atoms with Gasteiger partial charge in [0.05, 0.1) is 32.4 Å². The highest BCUT2D eigenvalue weighted by atomic mass is 16.5. The summed E-state index contributed by atoms with van der Waals surface area (Å²) in [5.41, 5.74) is 0.433. The molecule has 0 aliphatic rings. The van der Waals surface area contributed by atoms with E-state index in [1.165, 1.54) is 13.4 Å². The third kappa shape index (κ3) is 6.37. The van der Waals surface area contributed by atoms with Crippen LogP contribution in [0, 0.1) is 0 Å². The Morgan fingerprint density at radius 3 is 2.89 bits per heavy atom. The van der Waals surface area contributed by atoms with Crippen molar-refractivity contribution >= 4 is 5.97 Å². The molecule has 0 aromatic carbocycles.